The summed E-state index contributed by atoms with van der Waals surface area (Å²) >= 11 is 11.8. The fourth-order valence-corrected chi connectivity index (χ4v) is 3.61. The summed E-state index contributed by atoms with van der Waals surface area (Å²) in [5.41, 5.74) is 1.43. The smallest absolute Gasteiger partial charge is 0.287 e. The second-order valence-corrected chi connectivity index (χ2v) is 7.22. The van der Waals surface area contributed by atoms with E-state index in [9.17, 15) is 8.42 Å². The topological polar surface area (TPSA) is 83.5 Å². The van der Waals surface area contributed by atoms with Crippen molar-refractivity contribution in [2.24, 2.45) is 4.40 Å². The van der Waals surface area contributed by atoms with Gasteiger partial charge >= 0.3 is 0 Å². The van der Waals surface area contributed by atoms with E-state index in [0.717, 1.165) is 5.56 Å². The normalized spacial score (nSPS) is 15.3. The largest absolute Gasteiger partial charge is 0.355 e. The van der Waals surface area contributed by atoms with E-state index in [-0.39, 0.29) is 20.9 Å². The van der Waals surface area contributed by atoms with Crippen molar-refractivity contribution >= 4 is 44.9 Å². The van der Waals surface area contributed by atoms with E-state index in [1.807, 2.05) is 12.1 Å². The highest BCUT2D eigenvalue weighted by atomic mass is 35.5. The number of nitrogens with one attached hydrogen (secondary N) is 2. The maximum atomic E-state index is 12.2. The number of rotatable bonds is 3. The zero-order chi connectivity index (χ0) is 16.4. The molecule has 0 radical (unpaired) electrons. The Morgan fingerprint density at radius 3 is 2.57 bits per heavy atom. The molecule has 0 atom stereocenters. The van der Waals surface area contributed by atoms with Crippen LogP contribution in [0.5, 0.6) is 0 Å². The van der Waals surface area contributed by atoms with Crippen LogP contribution in [0.2, 0.25) is 10.0 Å². The van der Waals surface area contributed by atoms with Crippen LogP contribution in [0.15, 0.2) is 46.0 Å². The van der Waals surface area contributed by atoms with Crippen LogP contribution in [-0.4, -0.2) is 25.9 Å². The first-order chi connectivity index (χ1) is 11.0. The number of pyridine rings is 1. The highest BCUT2D eigenvalue weighted by molar-refractivity contribution is 7.90. The molecule has 0 saturated carbocycles. The Balaban J connectivity index is 1.75. The van der Waals surface area contributed by atoms with Crippen molar-refractivity contribution in [1.29, 1.82) is 0 Å². The molecule has 120 valence electrons. The molecule has 1 aliphatic heterocycles. The minimum Gasteiger partial charge on any atom is -0.355 e. The predicted octanol–water partition coefficient (Wildman–Crippen LogP) is 2.69. The standard InChI is InChI=1S/C14H12Cl2N4O2S/c15-10-7-12-13(8-11(10)16)23(21,22)20-14(19-12)18-6-3-9-1-4-17-5-2-9/h1-2,4-5,7-8H,3,6H2,(H2,18,19,20). The monoisotopic (exact) mass is 370 g/mol. The number of benzene rings is 1. The Morgan fingerprint density at radius 1 is 1.13 bits per heavy atom. The fraction of sp³-hybridized carbons (Fsp3) is 0.143. The molecule has 1 aromatic carbocycles. The summed E-state index contributed by atoms with van der Waals surface area (Å²) in [5.74, 6) is 0.157. The molecule has 0 amide bonds. The Labute approximate surface area is 143 Å². The van der Waals surface area contributed by atoms with Gasteiger partial charge in [-0.25, -0.2) is 0 Å². The number of fused-ring (bicyclic) bond motifs is 1. The van der Waals surface area contributed by atoms with Crippen LogP contribution >= 0.6 is 23.2 Å². The number of nitrogens with zero attached hydrogens (tertiary/aromatic N) is 2. The molecule has 2 N–H and O–H groups in total. The summed E-state index contributed by atoms with van der Waals surface area (Å²) in [6, 6.07) is 6.55. The molecule has 0 fully saturated rings. The lowest BCUT2D eigenvalue weighted by Gasteiger charge is -2.19. The SMILES string of the molecule is O=S1(=O)N=C(NCCc2ccncc2)Nc2cc(Cl)c(Cl)cc21. The first kappa shape index (κ1) is 16.0. The van der Waals surface area contributed by atoms with Crippen LogP contribution < -0.4 is 10.6 Å². The second-order valence-electron chi connectivity index (χ2n) is 4.83. The van der Waals surface area contributed by atoms with Crippen LogP contribution in [0.3, 0.4) is 0 Å². The number of aromatic nitrogens is 1. The van der Waals surface area contributed by atoms with E-state index in [1.54, 1.807) is 12.4 Å². The van der Waals surface area contributed by atoms with E-state index in [1.165, 1.54) is 12.1 Å². The van der Waals surface area contributed by atoms with Gasteiger partial charge in [-0.3, -0.25) is 4.98 Å². The Bertz CT molecular complexity index is 870. The Kier molecular flexibility index (Phi) is 4.43. The average Bonchev–Trinajstić information content (AvgIpc) is 2.50. The lowest BCUT2D eigenvalue weighted by molar-refractivity contribution is 0.597. The number of sulfonamides is 1. The molecule has 9 heteroatoms. The number of hydrogen-bond acceptors (Lipinski definition) is 5. The third kappa shape index (κ3) is 3.57. The van der Waals surface area contributed by atoms with E-state index in [0.29, 0.717) is 18.7 Å². The van der Waals surface area contributed by atoms with Gasteiger partial charge in [0.25, 0.3) is 10.0 Å². The highest BCUT2D eigenvalue weighted by Crippen LogP contribution is 2.34. The maximum Gasteiger partial charge on any atom is 0.287 e. The molecule has 1 aromatic heterocycles. The van der Waals surface area contributed by atoms with Crippen LogP contribution in [-0.2, 0) is 16.4 Å². The summed E-state index contributed by atoms with van der Waals surface area (Å²) in [6.45, 7) is 0.516. The van der Waals surface area contributed by atoms with Crippen LogP contribution in [0.25, 0.3) is 0 Å². The van der Waals surface area contributed by atoms with Crippen molar-refractivity contribution in [3.8, 4) is 0 Å². The molecule has 23 heavy (non-hydrogen) atoms. The van der Waals surface area contributed by atoms with Gasteiger partial charge in [0.05, 0.1) is 15.7 Å². The molecule has 2 heterocycles. The van der Waals surface area contributed by atoms with Crippen molar-refractivity contribution in [3.05, 3.63) is 52.3 Å². The van der Waals surface area contributed by atoms with Crippen LogP contribution in [0.1, 0.15) is 5.56 Å². The second kappa shape index (κ2) is 6.35. The van der Waals surface area contributed by atoms with Crippen molar-refractivity contribution in [3.63, 3.8) is 0 Å². The summed E-state index contributed by atoms with van der Waals surface area (Å²) in [6.07, 6.45) is 4.12. The molecule has 0 unspecified atom stereocenters. The molecule has 0 aliphatic carbocycles. The molecular weight excluding hydrogens is 359 g/mol. The number of halogens is 2. The van der Waals surface area contributed by atoms with Gasteiger partial charge in [0.1, 0.15) is 4.90 Å². The van der Waals surface area contributed by atoms with Gasteiger partial charge in [0.2, 0.25) is 5.96 Å². The van der Waals surface area contributed by atoms with Crippen molar-refractivity contribution in [2.75, 3.05) is 11.9 Å². The third-order valence-corrected chi connectivity index (χ3v) is 5.26. The van der Waals surface area contributed by atoms with Gasteiger partial charge < -0.3 is 10.6 Å². The summed E-state index contributed by atoms with van der Waals surface area (Å²) < 4.78 is 28.1. The predicted molar refractivity (Wildman–Crippen MR) is 90.6 cm³/mol. The molecule has 6 nitrogen and oxygen atoms in total. The van der Waals surface area contributed by atoms with Crippen molar-refractivity contribution in [2.45, 2.75) is 11.3 Å². The first-order valence-corrected chi connectivity index (χ1v) is 8.89. The minimum atomic E-state index is -3.82. The molecule has 0 spiro atoms. The number of hydrogen-bond donors (Lipinski definition) is 2. The fourth-order valence-electron chi connectivity index (χ4n) is 2.11. The summed E-state index contributed by atoms with van der Waals surface area (Å²) in [4.78, 5) is 3.95. The Morgan fingerprint density at radius 2 is 1.83 bits per heavy atom. The highest BCUT2D eigenvalue weighted by Gasteiger charge is 2.26. The van der Waals surface area contributed by atoms with Crippen molar-refractivity contribution < 1.29 is 8.42 Å². The summed E-state index contributed by atoms with van der Waals surface area (Å²) in [5, 5.41) is 6.31. The van der Waals surface area contributed by atoms with Crippen molar-refractivity contribution in [1.82, 2.24) is 10.3 Å². The van der Waals surface area contributed by atoms with Crippen LogP contribution in [0.4, 0.5) is 5.69 Å². The molecule has 0 saturated heterocycles. The van der Waals surface area contributed by atoms with Gasteiger partial charge in [0, 0.05) is 18.9 Å². The molecule has 0 bridgehead atoms. The van der Waals surface area contributed by atoms with Crippen LogP contribution in [0, 0.1) is 0 Å². The summed E-state index contributed by atoms with van der Waals surface area (Å²) in [7, 11) is -3.82. The quantitative estimate of drug-likeness (QED) is 0.867. The van der Waals surface area contributed by atoms with Gasteiger partial charge in [-0.15, -0.1) is 4.40 Å². The van der Waals surface area contributed by atoms with E-state index in [2.05, 4.69) is 20.0 Å². The van der Waals surface area contributed by atoms with E-state index >= 15 is 0 Å². The van der Waals surface area contributed by atoms with E-state index in [4.69, 9.17) is 23.2 Å². The molecule has 2 aromatic rings. The zero-order valence-corrected chi connectivity index (χ0v) is 14.1. The lowest BCUT2D eigenvalue weighted by Crippen LogP contribution is -2.35. The maximum absolute atomic E-state index is 12.2. The number of guanidine groups is 1. The van der Waals surface area contributed by atoms with Gasteiger partial charge in [-0.05, 0) is 36.2 Å². The Hall–Kier alpha value is -1.83. The van der Waals surface area contributed by atoms with Gasteiger partial charge in [0.15, 0.2) is 0 Å². The third-order valence-electron chi connectivity index (χ3n) is 3.22. The molecular formula is C14H12Cl2N4O2S. The average molecular weight is 371 g/mol. The first-order valence-electron chi connectivity index (χ1n) is 6.69. The molecule has 3 rings (SSSR count). The lowest BCUT2D eigenvalue weighted by atomic mass is 10.2. The van der Waals surface area contributed by atoms with Gasteiger partial charge in [-0.2, -0.15) is 8.42 Å². The van der Waals surface area contributed by atoms with Gasteiger partial charge in [-0.1, -0.05) is 23.2 Å². The number of anilines is 1. The van der Waals surface area contributed by atoms with E-state index < -0.39 is 10.0 Å². The minimum absolute atomic E-state index is 0.00610. The molecule has 1 aliphatic rings. The zero-order valence-electron chi connectivity index (χ0n) is 11.8.